The van der Waals surface area contributed by atoms with E-state index in [1.807, 2.05) is 0 Å². The van der Waals surface area contributed by atoms with E-state index >= 15 is 0 Å². The highest BCUT2D eigenvalue weighted by molar-refractivity contribution is 7.89. The van der Waals surface area contributed by atoms with Crippen LogP contribution >= 0.6 is 0 Å². The highest BCUT2D eigenvalue weighted by atomic mass is 32.2. The summed E-state index contributed by atoms with van der Waals surface area (Å²) in [5.74, 6) is 0.0582. The number of hydrazine groups is 1. The first kappa shape index (κ1) is 16.9. The van der Waals surface area contributed by atoms with Gasteiger partial charge < -0.3 is 4.52 Å². The number of aryl methyl sites for hydroxylation is 2. The van der Waals surface area contributed by atoms with Crippen LogP contribution in [0, 0.1) is 19.8 Å². The van der Waals surface area contributed by atoms with Crippen molar-refractivity contribution in [1.29, 1.82) is 0 Å². The van der Waals surface area contributed by atoms with Crippen molar-refractivity contribution in [2.45, 2.75) is 31.6 Å². The van der Waals surface area contributed by atoms with E-state index in [0.717, 1.165) is 0 Å². The van der Waals surface area contributed by atoms with Gasteiger partial charge in [-0.3, -0.25) is 10.2 Å². The second kappa shape index (κ2) is 6.35. The van der Waals surface area contributed by atoms with Crippen LogP contribution in [0.25, 0.3) is 0 Å². The molecular weight excluding hydrogens is 308 g/mol. The molecule has 1 aliphatic rings. The van der Waals surface area contributed by atoms with Crippen LogP contribution in [-0.2, 0) is 14.8 Å². The molecule has 0 bridgehead atoms. The predicted molar refractivity (Wildman–Crippen MR) is 79.3 cm³/mol. The molecular formula is C13H22N4O4S. The zero-order valence-electron chi connectivity index (χ0n) is 13.3. The van der Waals surface area contributed by atoms with Crippen LogP contribution in [-0.4, -0.2) is 56.0 Å². The smallest absolute Gasteiger partial charge is 0.248 e. The van der Waals surface area contributed by atoms with Crippen molar-refractivity contribution >= 4 is 15.9 Å². The minimum atomic E-state index is -3.62. The van der Waals surface area contributed by atoms with Crippen LogP contribution < -0.4 is 5.43 Å². The molecule has 9 heteroatoms. The van der Waals surface area contributed by atoms with Gasteiger partial charge in [-0.1, -0.05) is 5.16 Å². The zero-order chi connectivity index (χ0) is 16.5. The van der Waals surface area contributed by atoms with E-state index in [9.17, 15) is 13.2 Å². The van der Waals surface area contributed by atoms with Gasteiger partial charge in [-0.05, 0) is 26.7 Å². The van der Waals surface area contributed by atoms with Gasteiger partial charge in [0.1, 0.15) is 10.6 Å². The molecule has 0 atom stereocenters. The molecule has 1 N–H and O–H groups in total. The first-order chi connectivity index (χ1) is 10.2. The lowest BCUT2D eigenvalue weighted by atomic mass is 9.98. The molecule has 124 valence electrons. The van der Waals surface area contributed by atoms with E-state index in [-0.39, 0.29) is 16.7 Å². The topological polar surface area (TPSA) is 95.8 Å². The van der Waals surface area contributed by atoms with Gasteiger partial charge in [0, 0.05) is 33.1 Å². The van der Waals surface area contributed by atoms with Gasteiger partial charge in [-0.15, -0.1) is 0 Å². The van der Waals surface area contributed by atoms with Crippen LogP contribution in [0.4, 0.5) is 0 Å². The lowest BCUT2D eigenvalue weighted by Crippen LogP contribution is -2.46. The largest absolute Gasteiger partial charge is 0.360 e. The Bertz CT molecular complexity index is 625. The predicted octanol–water partition coefficient (Wildman–Crippen LogP) is 0.285. The van der Waals surface area contributed by atoms with Crippen molar-refractivity contribution in [1.82, 2.24) is 19.9 Å². The molecule has 0 unspecified atom stereocenters. The number of sulfonamides is 1. The molecule has 2 heterocycles. The number of carbonyl (C=O) groups is 1. The van der Waals surface area contributed by atoms with Crippen LogP contribution in [0.1, 0.15) is 24.3 Å². The number of amides is 1. The maximum atomic E-state index is 12.7. The second-order valence-corrected chi connectivity index (χ2v) is 7.58. The van der Waals surface area contributed by atoms with Gasteiger partial charge in [0.05, 0.1) is 0 Å². The van der Waals surface area contributed by atoms with Crippen LogP contribution in [0.15, 0.2) is 9.42 Å². The van der Waals surface area contributed by atoms with Crippen LogP contribution in [0.2, 0.25) is 0 Å². The van der Waals surface area contributed by atoms with E-state index in [0.29, 0.717) is 37.4 Å². The fourth-order valence-corrected chi connectivity index (χ4v) is 4.40. The molecule has 8 nitrogen and oxygen atoms in total. The summed E-state index contributed by atoms with van der Waals surface area (Å²) < 4.78 is 31.7. The average Bonchev–Trinajstić information content (AvgIpc) is 2.78. The number of nitrogens with one attached hydrogen (secondary N) is 1. The molecule has 22 heavy (non-hydrogen) atoms. The van der Waals surface area contributed by atoms with Gasteiger partial charge in [0.25, 0.3) is 0 Å². The quantitative estimate of drug-likeness (QED) is 0.797. The second-order valence-electron chi connectivity index (χ2n) is 5.70. The molecule has 0 aliphatic carbocycles. The minimum Gasteiger partial charge on any atom is -0.360 e. The summed E-state index contributed by atoms with van der Waals surface area (Å²) in [7, 11) is -0.127. The van der Waals surface area contributed by atoms with E-state index in [1.165, 1.54) is 4.31 Å². The summed E-state index contributed by atoms with van der Waals surface area (Å²) in [6, 6.07) is 0. The maximum absolute atomic E-state index is 12.7. The Hall–Kier alpha value is -1.45. The van der Waals surface area contributed by atoms with Crippen molar-refractivity contribution in [3.8, 4) is 0 Å². The van der Waals surface area contributed by atoms with Crippen molar-refractivity contribution in [3.05, 3.63) is 11.5 Å². The first-order valence-corrected chi connectivity index (χ1v) is 8.58. The molecule has 0 aromatic carbocycles. The molecule has 1 saturated heterocycles. The SMILES string of the molecule is Cc1noc(C)c1S(=O)(=O)N1CCC(C(=O)NN(C)C)CC1. The van der Waals surface area contributed by atoms with Crippen LogP contribution in [0.5, 0.6) is 0 Å². The minimum absolute atomic E-state index is 0.0700. The standard InChI is InChI=1S/C13H22N4O4S/c1-9-12(10(2)21-15-9)22(19,20)17-7-5-11(6-8-17)13(18)14-16(3)4/h11H,5-8H2,1-4H3,(H,14,18). The van der Waals surface area contributed by atoms with Gasteiger partial charge in [0.2, 0.25) is 15.9 Å². The summed E-state index contributed by atoms with van der Waals surface area (Å²) in [5.41, 5.74) is 3.08. The number of aromatic nitrogens is 1. The number of rotatable bonds is 4. The van der Waals surface area contributed by atoms with Gasteiger partial charge in [-0.2, -0.15) is 4.31 Å². The van der Waals surface area contributed by atoms with Crippen LogP contribution in [0.3, 0.4) is 0 Å². The fourth-order valence-electron chi connectivity index (χ4n) is 2.64. The Labute approximate surface area is 130 Å². The van der Waals surface area contributed by atoms with E-state index < -0.39 is 10.0 Å². The molecule has 0 radical (unpaired) electrons. The fraction of sp³-hybridized carbons (Fsp3) is 0.692. The number of hydrogen-bond donors (Lipinski definition) is 1. The number of nitrogens with zero attached hydrogens (tertiary/aromatic N) is 3. The molecule has 1 fully saturated rings. The third kappa shape index (κ3) is 3.31. The highest BCUT2D eigenvalue weighted by Crippen LogP contribution is 2.27. The molecule has 1 aromatic rings. The maximum Gasteiger partial charge on any atom is 0.248 e. The Morgan fingerprint density at radius 2 is 1.91 bits per heavy atom. The van der Waals surface area contributed by atoms with Gasteiger partial charge >= 0.3 is 0 Å². The van der Waals surface area contributed by atoms with E-state index in [4.69, 9.17) is 4.52 Å². The van der Waals surface area contributed by atoms with Gasteiger partial charge in [-0.25, -0.2) is 13.4 Å². The Kier molecular flexibility index (Phi) is 4.88. The van der Waals surface area contributed by atoms with Gasteiger partial charge in [0.15, 0.2) is 5.76 Å². The van der Waals surface area contributed by atoms with Crippen molar-refractivity contribution in [2.75, 3.05) is 27.2 Å². The molecule has 1 aliphatic heterocycles. The lowest BCUT2D eigenvalue weighted by molar-refractivity contribution is -0.130. The Morgan fingerprint density at radius 1 is 1.32 bits per heavy atom. The summed E-state index contributed by atoms with van der Waals surface area (Å²) >= 11 is 0. The Morgan fingerprint density at radius 3 is 2.36 bits per heavy atom. The molecule has 1 aromatic heterocycles. The molecule has 0 spiro atoms. The van der Waals surface area contributed by atoms with Crippen molar-refractivity contribution < 1.29 is 17.7 Å². The van der Waals surface area contributed by atoms with Crippen molar-refractivity contribution in [3.63, 3.8) is 0 Å². The third-order valence-electron chi connectivity index (χ3n) is 3.72. The monoisotopic (exact) mass is 330 g/mol. The normalized spacial score (nSPS) is 17.9. The zero-order valence-corrected chi connectivity index (χ0v) is 14.1. The molecule has 1 amide bonds. The summed E-state index contributed by atoms with van der Waals surface area (Å²) in [4.78, 5) is 12.1. The number of hydrogen-bond acceptors (Lipinski definition) is 6. The first-order valence-electron chi connectivity index (χ1n) is 7.14. The number of carbonyl (C=O) groups excluding carboxylic acids is 1. The summed E-state index contributed by atoms with van der Waals surface area (Å²) in [6.07, 6.45) is 1.00. The summed E-state index contributed by atoms with van der Waals surface area (Å²) in [5, 5.41) is 5.30. The van der Waals surface area contributed by atoms with E-state index in [1.54, 1.807) is 33.0 Å². The van der Waals surface area contributed by atoms with Crippen molar-refractivity contribution in [2.24, 2.45) is 5.92 Å². The average molecular weight is 330 g/mol. The highest BCUT2D eigenvalue weighted by Gasteiger charge is 2.35. The summed E-state index contributed by atoms with van der Waals surface area (Å²) in [6.45, 7) is 3.83. The lowest BCUT2D eigenvalue weighted by Gasteiger charge is -2.30. The molecule has 0 saturated carbocycles. The van der Waals surface area contributed by atoms with E-state index in [2.05, 4.69) is 10.6 Å². The number of piperidine rings is 1. The Balaban J connectivity index is 2.07. The molecule has 2 rings (SSSR count). The third-order valence-corrected chi connectivity index (χ3v) is 5.87.